The van der Waals surface area contributed by atoms with Gasteiger partial charge in [0.1, 0.15) is 0 Å². The van der Waals surface area contributed by atoms with Crippen molar-refractivity contribution in [3.63, 3.8) is 0 Å². The predicted octanol–water partition coefficient (Wildman–Crippen LogP) is 2.12. The van der Waals surface area contributed by atoms with Gasteiger partial charge in [-0.05, 0) is 37.1 Å². The maximum atomic E-state index is 5.21. The third-order valence-electron chi connectivity index (χ3n) is 4.17. The summed E-state index contributed by atoms with van der Waals surface area (Å²) in [6, 6.07) is 9.56. The van der Waals surface area contributed by atoms with Gasteiger partial charge >= 0.3 is 0 Å². The molecule has 0 saturated carbocycles. The van der Waals surface area contributed by atoms with Crippen molar-refractivity contribution in [3.05, 3.63) is 29.8 Å². The lowest BCUT2D eigenvalue weighted by atomic mass is 10.1. The number of nitrogens with zero attached hydrogens (tertiary/aromatic N) is 2. The molecule has 0 aliphatic carbocycles. The van der Waals surface area contributed by atoms with E-state index in [4.69, 9.17) is 4.74 Å². The normalized spacial score (nSPS) is 24.3. The van der Waals surface area contributed by atoms with Crippen LogP contribution in [0.2, 0.25) is 0 Å². The van der Waals surface area contributed by atoms with Crippen LogP contribution in [0.15, 0.2) is 24.3 Å². The van der Waals surface area contributed by atoms with E-state index in [1.54, 1.807) is 7.11 Å². The molecule has 1 aromatic carbocycles. The molecule has 2 fully saturated rings. The monoisotopic (exact) mass is 246 g/mol. The van der Waals surface area contributed by atoms with Crippen molar-refractivity contribution in [1.82, 2.24) is 4.90 Å². The van der Waals surface area contributed by atoms with Crippen LogP contribution in [-0.2, 0) is 11.3 Å². The highest BCUT2D eigenvalue weighted by molar-refractivity contribution is 5.49. The van der Waals surface area contributed by atoms with Gasteiger partial charge in [0.05, 0.1) is 6.61 Å². The van der Waals surface area contributed by atoms with Crippen LogP contribution >= 0.6 is 0 Å². The number of piperazine rings is 1. The third kappa shape index (κ3) is 2.38. The maximum absolute atomic E-state index is 5.21. The van der Waals surface area contributed by atoms with Gasteiger partial charge < -0.3 is 9.64 Å². The van der Waals surface area contributed by atoms with Crippen LogP contribution in [-0.4, -0.2) is 44.2 Å². The Morgan fingerprint density at radius 3 is 3.11 bits per heavy atom. The van der Waals surface area contributed by atoms with Crippen LogP contribution in [0.25, 0.3) is 0 Å². The summed E-state index contributed by atoms with van der Waals surface area (Å²) in [5.74, 6) is 0. The fourth-order valence-electron chi connectivity index (χ4n) is 3.24. The molecule has 0 N–H and O–H groups in total. The molecule has 1 unspecified atom stereocenters. The molecule has 18 heavy (non-hydrogen) atoms. The van der Waals surface area contributed by atoms with Crippen molar-refractivity contribution >= 4 is 5.69 Å². The standard InChI is InChI=1S/C15H22N2O/c1-18-12-13-4-2-5-14(10-13)17-9-8-16-7-3-6-15(16)11-17/h2,4-5,10,15H,3,6-9,11-12H2,1H3. The fraction of sp³-hybridized carbons (Fsp3) is 0.600. The molecule has 2 aliphatic heterocycles. The molecule has 1 atom stereocenters. The minimum Gasteiger partial charge on any atom is -0.380 e. The van der Waals surface area contributed by atoms with E-state index in [-0.39, 0.29) is 0 Å². The fourth-order valence-corrected chi connectivity index (χ4v) is 3.24. The average Bonchev–Trinajstić information content (AvgIpc) is 2.86. The minimum atomic E-state index is 0.706. The SMILES string of the molecule is COCc1cccc(N2CCN3CCCC3C2)c1. The van der Waals surface area contributed by atoms with Crippen molar-refractivity contribution < 1.29 is 4.74 Å². The van der Waals surface area contributed by atoms with Gasteiger partial charge in [-0.3, -0.25) is 4.90 Å². The summed E-state index contributed by atoms with van der Waals surface area (Å²) >= 11 is 0. The molecule has 0 spiro atoms. The van der Waals surface area contributed by atoms with Crippen molar-refractivity contribution in [2.75, 3.05) is 38.2 Å². The molecule has 0 bridgehead atoms. The Labute approximate surface area is 109 Å². The molecular weight excluding hydrogens is 224 g/mol. The van der Waals surface area contributed by atoms with Gasteiger partial charge in [-0.1, -0.05) is 12.1 Å². The molecule has 3 nitrogen and oxygen atoms in total. The first-order chi connectivity index (χ1) is 8.86. The Morgan fingerprint density at radius 1 is 1.28 bits per heavy atom. The zero-order chi connectivity index (χ0) is 12.4. The molecule has 2 aliphatic rings. The van der Waals surface area contributed by atoms with E-state index in [0.717, 1.165) is 12.6 Å². The molecule has 2 heterocycles. The summed E-state index contributed by atoms with van der Waals surface area (Å²) in [5.41, 5.74) is 2.62. The third-order valence-corrected chi connectivity index (χ3v) is 4.17. The number of benzene rings is 1. The van der Waals surface area contributed by atoms with Gasteiger partial charge in [0.2, 0.25) is 0 Å². The first-order valence-electron chi connectivity index (χ1n) is 6.94. The molecule has 0 amide bonds. The zero-order valence-corrected chi connectivity index (χ0v) is 11.1. The van der Waals surface area contributed by atoms with Crippen LogP contribution in [0, 0.1) is 0 Å². The van der Waals surface area contributed by atoms with Crippen molar-refractivity contribution in [3.8, 4) is 0 Å². The summed E-state index contributed by atoms with van der Waals surface area (Å²) in [7, 11) is 1.75. The lowest BCUT2D eigenvalue weighted by Gasteiger charge is -2.39. The smallest absolute Gasteiger partial charge is 0.0713 e. The van der Waals surface area contributed by atoms with Gasteiger partial charge in [0.15, 0.2) is 0 Å². The molecule has 1 aromatic rings. The molecule has 2 saturated heterocycles. The Kier molecular flexibility index (Phi) is 3.52. The van der Waals surface area contributed by atoms with E-state index in [9.17, 15) is 0 Å². The van der Waals surface area contributed by atoms with Crippen molar-refractivity contribution in [2.45, 2.75) is 25.5 Å². The maximum Gasteiger partial charge on any atom is 0.0713 e. The predicted molar refractivity (Wildman–Crippen MR) is 74.0 cm³/mol. The number of anilines is 1. The lowest BCUT2D eigenvalue weighted by molar-refractivity contribution is 0.185. The molecular formula is C15H22N2O. The molecule has 0 radical (unpaired) electrons. The second kappa shape index (κ2) is 5.29. The van der Waals surface area contributed by atoms with E-state index >= 15 is 0 Å². The summed E-state index contributed by atoms with van der Waals surface area (Å²) in [4.78, 5) is 5.18. The Balaban J connectivity index is 1.72. The summed E-state index contributed by atoms with van der Waals surface area (Å²) in [6.07, 6.45) is 2.75. The van der Waals surface area contributed by atoms with Crippen molar-refractivity contribution in [1.29, 1.82) is 0 Å². The quantitative estimate of drug-likeness (QED) is 0.812. The van der Waals surface area contributed by atoms with Gasteiger partial charge in [-0.2, -0.15) is 0 Å². The number of rotatable bonds is 3. The Bertz CT molecular complexity index is 407. The summed E-state index contributed by atoms with van der Waals surface area (Å²) < 4.78 is 5.21. The summed E-state index contributed by atoms with van der Waals surface area (Å²) in [6.45, 7) is 5.59. The second-order valence-electron chi connectivity index (χ2n) is 5.38. The first-order valence-corrected chi connectivity index (χ1v) is 6.94. The van der Waals surface area contributed by atoms with Crippen LogP contribution in [0.5, 0.6) is 0 Å². The van der Waals surface area contributed by atoms with E-state index in [1.807, 2.05) is 0 Å². The van der Waals surface area contributed by atoms with Gasteiger partial charge in [-0.25, -0.2) is 0 Å². The number of ether oxygens (including phenoxy) is 1. The van der Waals surface area contributed by atoms with E-state index in [2.05, 4.69) is 34.1 Å². The van der Waals surface area contributed by atoms with E-state index in [0.29, 0.717) is 6.61 Å². The first kappa shape index (κ1) is 12.0. The number of fused-ring (bicyclic) bond motifs is 1. The van der Waals surface area contributed by atoms with Crippen LogP contribution < -0.4 is 4.90 Å². The number of hydrogen-bond acceptors (Lipinski definition) is 3. The number of hydrogen-bond donors (Lipinski definition) is 0. The zero-order valence-electron chi connectivity index (χ0n) is 11.1. The largest absolute Gasteiger partial charge is 0.380 e. The number of methoxy groups -OCH3 is 1. The molecule has 0 aromatic heterocycles. The van der Waals surface area contributed by atoms with Crippen LogP contribution in [0.4, 0.5) is 5.69 Å². The van der Waals surface area contributed by atoms with Gasteiger partial charge in [0.25, 0.3) is 0 Å². The molecule has 98 valence electrons. The lowest BCUT2D eigenvalue weighted by Crippen LogP contribution is -2.50. The van der Waals surface area contributed by atoms with Crippen LogP contribution in [0.1, 0.15) is 18.4 Å². The topological polar surface area (TPSA) is 15.7 Å². The van der Waals surface area contributed by atoms with E-state index < -0.39 is 0 Å². The van der Waals surface area contributed by atoms with Gasteiger partial charge in [-0.15, -0.1) is 0 Å². The summed E-state index contributed by atoms with van der Waals surface area (Å²) in [5, 5.41) is 0. The molecule has 3 heteroatoms. The second-order valence-corrected chi connectivity index (χ2v) is 5.38. The average molecular weight is 246 g/mol. The highest BCUT2D eigenvalue weighted by Crippen LogP contribution is 2.25. The van der Waals surface area contributed by atoms with Crippen LogP contribution in [0.3, 0.4) is 0 Å². The Hall–Kier alpha value is -1.06. The highest BCUT2D eigenvalue weighted by atomic mass is 16.5. The minimum absolute atomic E-state index is 0.706. The Morgan fingerprint density at radius 2 is 2.22 bits per heavy atom. The highest BCUT2D eigenvalue weighted by Gasteiger charge is 2.30. The van der Waals surface area contributed by atoms with E-state index in [1.165, 1.54) is 43.7 Å². The molecule has 3 rings (SSSR count). The van der Waals surface area contributed by atoms with Gasteiger partial charge in [0, 0.05) is 38.5 Å². The van der Waals surface area contributed by atoms with Crippen molar-refractivity contribution in [2.24, 2.45) is 0 Å².